The van der Waals surface area contributed by atoms with Gasteiger partial charge in [-0.25, -0.2) is 0 Å². The minimum atomic E-state index is -5.33. The van der Waals surface area contributed by atoms with E-state index in [2.05, 4.69) is 70.9 Å². The van der Waals surface area contributed by atoms with Crippen molar-refractivity contribution in [3.63, 3.8) is 0 Å². The molecule has 15 nitrogen and oxygen atoms in total. The first-order valence-corrected chi connectivity index (χ1v) is 27.1. The van der Waals surface area contributed by atoms with Gasteiger partial charge in [0.2, 0.25) is 0 Å². The summed E-state index contributed by atoms with van der Waals surface area (Å²) >= 11 is 0. The molecule has 0 saturated heterocycles. The number of H-pyrrole nitrogens is 1. The zero-order chi connectivity index (χ0) is 50.2. The van der Waals surface area contributed by atoms with E-state index in [-0.39, 0.29) is 61.7 Å². The first-order valence-electron chi connectivity index (χ1n) is 23.6. The first kappa shape index (κ1) is 51.4. The predicted octanol–water partition coefficient (Wildman–Crippen LogP) is 4.81. The van der Waals surface area contributed by atoms with Crippen molar-refractivity contribution in [1.82, 2.24) is 36.6 Å². The SMILES string of the molecule is C#CCNC(=O)c1ccc([PH](CCCC(=O)NC(CCCCNC(=O)c2cncc(OS(=O)(=O)F)c2)C(=O)NC(Cc2c[nH]c3ccccc23)C(=O)NC2CCC2)(c2ccccc2)c2ccccc2)cc1. The molecule has 5 amide bonds. The molecule has 0 spiro atoms. The quantitative estimate of drug-likeness (QED) is 0.0212. The summed E-state index contributed by atoms with van der Waals surface area (Å²) in [6, 6.07) is 34.6. The van der Waals surface area contributed by atoms with Crippen LogP contribution in [0, 0.1) is 12.3 Å². The maximum absolute atomic E-state index is 14.5. The number of nitrogens with one attached hydrogen (secondary N) is 6. The van der Waals surface area contributed by atoms with Crippen LogP contribution >= 0.6 is 7.26 Å². The van der Waals surface area contributed by atoms with E-state index in [1.165, 1.54) is 6.20 Å². The Morgan fingerprint density at radius 2 is 1.44 bits per heavy atom. The zero-order valence-electron chi connectivity index (χ0n) is 39.0. The summed E-state index contributed by atoms with van der Waals surface area (Å²) in [6.45, 7) is 0.229. The van der Waals surface area contributed by atoms with E-state index in [1.807, 2.05) is 79.0 Å². The van der Waals surface area contributed by atoms with E-state index >= 15 is 0 Å². The van der Waals surface area contributed by atoms with Gasteiger partial charge < -0.3 is 9.17 Å². The number of carbonyl (C=O) groups excluding carboxylic acids is 5. The molecule has 0 bridgehead atoms. The standard InChI is InChI=1S/C53H57FN7O8PS/c1-2-29-56-50(63)37-25-27-44(28-26-37)70(42-17-5-3-6-18-42,43-19-7-4-8-20-43)31-14-24-49(62)60-47(23-11-12-30-57-51(64)39-32-41(36-55-34-39)69-71(54,67)68)52(65)61-48(53(66)59-40-15-13-16-40)33-38-35-58-46-22-10-9-21-45(38)46/h1,3-10,17-22,25-28,32,34-36,40,47-48,58,70H,11-16,23-24,29-31,33H2,(H,56,63)(H,57,64)(H,59,66)(H,60,62)(H,61,65). The van der Waals surface area contributed by atoms with Gasteiger partial charge in [-0.3, -0.25) is 9.78 Å². The van der Waals surface area contributed by atoms with Crippen molar-refractivity contribution >= 4 is 74.1 Å². The van der Waals surface area contributed by atoms with Crippen molar-refractivity contribution < 1.29 is 40.5 Å². The van der Waals surface area contributed by atoms with E-state index in [0.29, 0.717) is 31.0 Å². The van der Waals surface area contributed by atoms with Crippen LogP contribution in [0.5, 0.6) is 5.75 Å². The van der Waals surface area contributed by atoms with Crippen LogP contribution in [0.25, 0.3) is 10.9 Å². The molecule has 0 radical (unpaired) electrons. The number of hydrogen-bond acceptors (Lipinski definition) is 9. The van der Waals surface area contributed by atoms with Crippen molar-refractivity contribution in [3.05, 3.63) is 151 Å². The van der Waals surface area contributed by atoms with Crippen LogP contribution in [0.3, 0.4) is 0 Å². The number of terminal acetylenes is 1. The van der Waals surface area contributed by atoms with Crippen molar-refractivity contribution in [1.29, 1.82) is 0 Å². The number of fused-ring (bicyclic) bond motifs is 1. The first-order chi connectivity index (χ1) is 34.3. The Hall–Kier alpha value is -7.41. The second-order valence-electron chi connectivity index (χ2n) is 17.5. The molecule has 6 N–H and O–H groups in total. The molecule has 4 aromatic carbocycles. The van der Waals surface area contributed by atoms with Gasteiger partial charge in [0.15, 0.2) is 5.75 Å². The van der Waals surface area contributed by atoms with Crippen LogP contribution in [0.4, 0.5) is 3.89 Å². The molecular weight excluding hydrogens is 945 g/mol. The van der Waals surface area contributed by atoms with Gasteiger partial charge in [-0.05, 0) is 31.4 Å². The van der Waals surface area contributed by atoms with E-state index < -0.39 is 47.4 Å². The second-order valence-corrected chi connectivity index (χ2v) is 22.5. The van der Waals surface area contributed by atoms with Gasteiger partial charge in [-0.2, -0.15) is 8.42 Å². The summed E-state index contributed by atoms with van der Waals surface area (Å²) in [5.74, 6) is -0.167. The molecule has 1 saturated carbocycles. The molecule has 2 heterocycles. The number of nitrogens with zero attached hydrogens (tertiary/aromatic N) is 1. The second kappa shape index (κ2) is 24.4. The average molecular weight is 1000 g/mol. The fourth-order valence-electron chi connectivity index (χ4n) is 8.90. The summed E-state index contributed by atoms with van der Waals surface area (Å²) in [4.78, 5) is 75.3. The summed E-state index contributed by atoms with van der Waals surface area (Å²) in [5, 5.41) is 18.7. The summed E-state index contributed by atoms with van der Waals surface area (Å²) < 4.78 is 39.2. The Balaban J connectivity index is 1.09. The fourth-order valence-corrected chi connectivity index (χ4v) is 14.1. The van der Waals surface area contributed by atoms with Crippen LogP contribution in [0.15, 0.2) is 134 Å². The zero-order valence-corrected chi connectivity index (χ0v) is 40.8. The third kappa shape index (κ3) is 13.9. The topological polar surface area (TPSA) is 218 Å². The van der Waals surface area contributed by atoms with Gasteiger partial charge in [0, 0.05) is 11.7 Å². The molecule has 18 heteroatoms. The Labute approximate surface area is 413 Å². The number of unbranched alkanes of at least 4 members (excludes halogenated alkanes) is 1. The van der Waals surface area contributed by atoms with Crippen molar-refractivity contribution in [3.8, 4) is 18.1 Å². The molecule has 2 unspecified atom stereocenters. The Morgan fingerprint density at radius 3 is 2.10 bits per heavy atom. The van der Waals surface area contributed by atoms with Gasteiger partial charge in [-0.15, -0.1) is 0 Å². The van der Waals surface area contributed by atoms with Gasteiger partial charge in [0.25, 0.3) is 0 Å². The molecule has 1 fully saturated rings. The van der Waals surface area contributed by atoms with Crippen LogP contribution in [0.1, 0.15) is 77.6 Å². The van der Waals surface area contributed by atoms with Gasteiger partial charge in [0.05, 0.1) is 11.8 Å². The number of benzene rings is 4. The van der Waals surface area contributed by atoms with Crippen LogP contribution < -0.4 is 46.7 Å². The minimum absolute atomic E-state index is 0.0110. The molecule has 71 heavy (non-hydrogen) atoms. The molecular formula is C53H57FN7O8PS. The molecule has 2 atom stereocenters. The Morgan fingerprint density at radius 1 is 0.775 bits per heavy atom. The number of amides is 5. The normalized spacial score (nSPS) is 13.6. The number of aromatic nitrogens is 2. The van der Waals surface area contributed by atoms with Crippen LogP contribution in [-0.4, -0.2) is 85.3 Å². The number of hydrogen-bond donors (Lipinski definition) is 6. The number of para-hydroxylation sites is 1. The predicted molar refractivity (Wildman–Crippen MR) is 275 cm³/mol. The van der Waals surface area contributed by atoms with E-state index in [0.717, 1.165) is 63.9 Å². The molecule has 370 valence electrons. The maximum atomic E-state index is 14.5. The third-order valence-electron chi connectivity index (χ3n) is 12.7. The number of rotatable bonds is 24. The van der Waals surface area contributed by atoms with Crippen molar-refractivity contribution in [2.45, 2.75) is 75.9 Å². The summed E-state index contributed by atoms with van der Waals surface area (Å²) in [7, 11) is -8.20. The molecule has 6 aromatic rings. The van der Waals surface area contributed by atoms with Gasteiger partial charge in [-0.1, -0.05) is 22.1 Å². The van der Waals surface area contributed by atoms with Gasteiger partial charge >= 0.3 is 305 Å². The molecule has 1 aliphatic carbocycles. The molecule has 7 rings (SSSR count). The monoisotopic (exact) mass is 1000 g/mol. The van der Waals surface area contributed by atoms with Crippen LogP contribution in [-0.2, 0) is 31.3 Å². The fraction of sp³-hybridized carbons (Fsp3) is 0.283. The van der Waals surface area contributed by atoms with Crippen LogP contribution in [0.2, 0.25) is 0 Å². The van der Waals surface area contributed by atoms with E-state index in [4.69, 9.17) is 6.42 Å². The molecule has 1 aliphatic rings. The van der Waals surface area contributed by atoms with Crippen molar-refractivity contribution in [2.24, 2.45) is 0 Å². The van der Waals surface area contributed by atoms with Crippen molar-refractivity contribution in [2.75, 3.05) is 19.3 Å². The Kier molecular flexibility index (Phi) is 17.7. The number of halogens is 1. The van der Waals surface area contributed by atoms with Gasteiger partial charge in [0.1, 0.15) is 0 Å². The number of pyridine rings is 1. The summed E-state index contributed by atoms with van der Waals surface area (Å²) in [6.07, 6.45) is 14.2. The Bertz CT molecular complexity index is 2930. The third-order valence-corrected chi connectivity index (χ3v) is 18.1. The average Bonchev–Trinajstić information content (AvgIpc) is 3.77. The summed E-state index contributed by atoms with van der Waals surface area (Å²) in [5.41, 5.74) is 2.14. The van der Waals surface area contributed by atoms with E-state index in [9.17, 15) is 36.3 Å². The number of carbonyl (C=O) groups is 5. The molecule has 2 aromatic heterocycles. The van der Waals surface area contributed by atoms with E-state index in [1.54, 1.807) is 12.1 Å². The number of aromatic amines is 1. The molecule has 0 aliphatic heterocycles.